The maximum Gasteiger partial charge on any atom is 2.00 e. The SMILES string of the molecule is P.[Cl-].[Cl-].[Ru+2]. The Morgan fingerprint density at radius 1 is 0.750 bits per heavy atom. The van der Waals surface area contributed by atoms with Crippen LogP contribution in [0.1, 0.15) is 0 Å². The summed E-state index contributed by atoms with van der Waals surface area (Å²) in [5, 5.41) is 0. The Morgan fingerprint density at radius 3 is 0.750 bits per heavy atom. The van der Waals surface area contributed by atoms with Crippen molar-refractivity contribution in [3.05, 3.63) is 0 Å². The van der Waals surface area contributed by atoms with E-state index in [0.29, 0.717) is 0 Å². The van der Waals surface area contributed by atoms with Crippen LogP contribution in [0.25, 0.3) is 0 Å². The summed E-state index contributed by atoms with van der Waals surface area (Å²) in [6, 6.07) is 0. The van der Waals surface area contributed by atoms with Crippen LogP contribution >= 0.6 is 9.90 Å². The van der Waals surface area contributed by atoms with E-state index in [1.807, 2.05) is 0 Å². The van der Waals surface area contributed by atoms with Crippen LogP contribution in [0.4, 0.5) is 0 Å². The van der Waals surface area contributed by atoms with E-state index in [1.54, 1.807) is 0 Å². The summed E-state index contributed by atoms with van der Waals surface area (Å²) in [4.78, 5) is 0. The van der Waals surface area contributed by atoms with Gasteiger partial charge in [-0.05, 0) is 0 Å². The van der Waals surface area contributed by atoms with Gasteiger partial charge in [0, 0.05) is 0 Å². The zero-order chi connectivity index (χ0) is 0. The quantitative estimate of drug-likeness (QED) is 0.273. The molecule has 0 radical (unpaired) electrons. The van der Waals surface area contributed by atoms with Gasteiger partial charge in [0.2, 0.25) is 0 Å². The van der Waals surface area contributed by atoms with Crippen LogP contribution in [0.5, 0.6) is 0 Å². The first-order valence-corrected chi connectivity index (χ1v) is 0. The number of hydrogen-bond donors (Lipinski definition) is 0. The summed E-state index contributed by atoms with van der Waals surface area (Å²) in [6.45, 7) is 0. The van der Waals surface area contributed by atoms with E-state index in [9.17, 15) is 0 Å². The van der Waals surface area contributed by atoms with Crippen LogP contribution in [-0.2, 0) is 19.5 Å². The van der Waals surface area contributed by atoms with Crippen molar-refractivity contribution in [1.82, 2.24) is 0 Å². The Kier molecular flexibility index (Phi) is 260. The molecule has 0 saturated carbocycles. The average Bonchev–Trinajstić information content (AvgIpc) is 0. The molecule has 1 atom stereocenters. The second kappa shape index (κ2) is 22.9. The van der Waals surface area contributed by atoms with Gasteiger partial charge in [-0.25, -0.2) is 0 Å². The molecular formula is H3Cl2PRu. The third kappa shape index (κ3) is 9.44. The second-order valence-corrected chi connectivity index (χ2v) is 0. The zero-order valence-corrected chi connectivity index (χ0v) is 6.48. The van der Waals surface area contributed by atoms with Crippen LogP contribution in [0.2, 0.25) is 0 Å². The molecule has 0 fully saturated rings. The fourth-order valence-electron chi connectivity index (χ4n) is 0. The van der Waals surface area contributed by atoms with Gasteiger partial charge in [0.25, 0.3) is 0 Å². The van der Waals surface area contributed by atoms with Gasteiger partial charge in [0.05, 0.1) is 0 Å². The van der Waals surface area contributed by atoms with Crippen molar-refractivity contribution in [3.63, 3.8) is 0 Å². The first kappa shape index (κ1) is 45.3. The molecule has 0 bridgehead atoms. The van der Waals surface area contributed by atoms with E-state index in [0.717, 1.165) is 0 Å². The first-order valence-electron chi connectivity index (χ1n) is 0. The summed E-state index contributed by atoms with van der Waals surface area (Å²) in [7, 11) is 0. The molecule has 0 saturated heterocycles. The Hall–Kier alpha value is 1.63. The molecule has 0 aliphatic heterocycles. The molecule has 4 heavy (non-hydrogen) atoms. The molecular weight excluding hydrogens is 203 g/mol. The molecule has 0 nitrogen and oxygen atoms in total. The molecule has 0 heterocycles. The van der Waals surface area contributed by atoms with Gasteiger partial charge in [-0.1, -0.05) is 0 Å². The number of halogens is 2. The summed E-state index contributed by atoms with van der Waals surface area (Å²) in [5.74, 6) is 0. The van der Waals surface area contributed by atoms with Crippen molar-refractivity contribution >= 4 is 9.90 Å². The van der Waals surface area contributed by atoms with Gasteiger partial charge in [0.15, 0.2) is 0 Å². The van der Waals surface area contributed by atoms with E-state index in [2.05, 4.69) is 0 Å². The Morgan fingerprint density at radius 2 is 0.750 bits per heavy atom. The number of rotatable bonds is 0. The summed E-state index contributed by atoms with van der Waals surface area (Å²) in [6.07, 6.45) is 0. The van der Waals surface area contributed by atoms with E-state index in [4.69, 9.17) is 0 Å². The van der Waals surface area contributed by atoms with E-state index in [-0.39, 0.29) is 54.2 Å². The normalized spacial score (nSPS) is 0. The maximum absolute atomic E-state index is 0. The van der Waals surface area contributed by atoms with Crippen molar-refractivity contribution < 1.29 is 44.3 Å². The first-order chi connectivity index (χ1) is 0. The van der Waals surface area contributed by atoms with Gasteiger partial charge in [-0.2, -0.15) is 9.90 Å². The molecule has 30 valence electrons. The van der Waals surface area contributed by atoms with Crippen LogP contribution in [-0.4, -0.2) is 0 Å². The topological polar surface area (TPSA) is 0 Å². The monoisotopic (exact) mass is 206 g/mol. The van der Waals surface area contributed by atoms with Crippen LogP contribution in [0.15, 0.2) is 0 Å². The van der Waals surface area contributed by atoms with E-state index < -0.39 is 0 Å². The molecule has 0 aromatic carbocycles. The van der Waals surface area contributed by atoms with Crippen LogP contribution in [0.3, 0.4) is 0 Å². The maximum atomic E-state index is 0. The van der Waals surface area contributed by atoms with Gasteiger partial charge in [-0.15, -0.1) is 0 Å². The Bertz CT molecular complexity index is 6.00. The summed E-state index contributed by atoms with van der Waals surface area (Å²) < 4.78 is 0. The second-order valence-electron chi connectivity index (χ2n) is 0. The molecule has 0 aliphatic carbocycles. The summed E-state index contributed by atoms with van der Waals surface area (Å²) >= 11 is 0. The van der Waals surface area contributed by atoms with Gasteiger partial charge >= 0.3 is 19.5 Å². The smallest absolute Gasteiger partial charge is 1.00 e. The van der Waals surface area contributed by atoms with Crippen molar-refractivity contribution in [2.75, 3.05) is 0 Å². The number of hydrogen-bond acceptors (Lipinski definition) is 0. The molecule has 0 spiro atoms. The standard InChI is InChI=1S/2ClH.H3P.Ru/h2*1H;1H3;/q;;;+2/p-2. The van der Waals surface area contributed by atoms with Gasteiger partial charge in [0.1, 0.15) is 0 Å². The minimum absolute atomic E-state index is 0. The molecule has 0 N–H and O–H groups in total. The Labute approximate surface area is 54.3 Å². The minimum atomic E-state index is 0. The molecule has 0 amide bonds. The molecule has 0 aromatic rings. The molecule has 1 unspecified atom stereocenters. The molecule has 0 aromatic heterocycles. The van der Waals surface area contributed by atoms with Gasteiger partial charge < -0.3 is 24.8 Å². The third-order valence-corrected chi connectivity index (χ3v) is 0. The third-order valence-electron chi connectivity index (χ3n) is 0. The fourth-order valence-corrected chi connectivity index (χ4v) is 0. The fraction of sp³-hybridized carbons (Fsp3) is 0. The van der Waals surface area contributed by atoms with Crippen molar-refractivity contribution in [2.45, 2.75) is 0 Å². The zero-order valence-electron chi connectivity index (χ0n) is 1.82. The predicted octanol–water partition coefficient (Wildman–Crippen LogP) is -5.94. The largest absolute Gasteiger partial charge is 2.00 e. The van der Waals surface area contributed by atoms with Crippen LogP contribution in [0, 0.1) is 0 Å². The van der Waals surface area contributed by atoms with E-state index >= 15 is 0 Å². The Balaban J connectivity index is 0. The van der Waals surface area contributed by atoms with Crippen LogP contribution < -0.4 is 24.8 Å². The predicted molar refractivity (Wildman–Crippen MR) is 11.1 cm³/mol. The summed E-state index contributed by atoms with van der Waals surface area (Å²) in [5.41, 5.74) is 0. The van der Waals surface area contributed by atoms with Crippen molar-refractivity contribution in [3.8, 4) is 0 Å². The average molecular weight is 206 g/mol. The van der Waals surface area contributed by atoms with E-state index in [1.165, 1.54) is 0 Å². The van der Waals surface area contributed by atoms with Crippen molar-refractivity contribution in [2.24, 2.45) is 0 Å². The van der Waals surface area contributed by atoms with Gasteiger partial charge in [-0.3, -0.25) is 0 Å². The molecule has 0 aliphatic rings. The molecule has 0 rings (SSSR count). The molecule has 4 heteroatoms. The minimum Gasteiger partial charge on any atom is -1.00 e. The van der Waals surface area contributed by atoms with Crippen molar-refractivity contribution in [1.29, 1.82) is 0 Å².